The van der Waals surface area contributed by atoms with E-state index in [0.29, 0.717) is 6.61 Å². The van der Waals surface area contributed by atoms with Gasteiger partial charge in [-0.1, -0.05) is 0 Å². The maximum Gasteiger partial charge on any atom is 0.128 e. The van der Waals surface area contributed by atoms with E-state index in [1.165, 1.54) is 31.6 Å². The highest BCUT2D eigenvalue weighted by Gasteiger charge is 2.12. The quantitative estimate of drug-likeness (QED) is 0.768. The molecule has 0 unspecified atom stereocenters. The van der Waals surface area contributed by atoms with Gasteiger partial charge in [0.15, 0.2) is 0 Å². The summed E-state index contributed by atoms with van der Waals surface area (Å²) in [6, 6.07) is 4.19. The minimum atomic E-state index is 0.704. The van der Waals surface area contributed by atoms with Crippen molar-refractivity contribution in [1.29, 1.82) is 0 Å². The summed E-state index contributed by atoms with van der Waals surface area (Å²) in [5.74, 6) is 0.932. The molecule has 0 amide bonds. The fourth-order valence-electron chi connectivity index (χ4n) is 1.97. The molecule has 0 atom stereocenters. The second-order valence-corrected chi connectivity index (χ2v) is 4.01. The molecule has 1 fully saturated rings. The van der Waals surface area contributed by atoms with Crippen molar-refractivity contribution in [1.82, 2.24) is 4.98 Å². The number of hydrogen-bond acceptors (Lipinski definition) is 4. The number of nitrogens with one attached hydrogen (secondary N) is 1. The molecule has 1 aromatic rings. The molecule has 0 spiro atoms. The van der Waals surface area contributed by atoms with Gasteiger partial charge in [-0.05, 0) is 18.9 Å². The minimum absolute atomic E-state index is 0.704. The van der Waals surface area contributed by atoms with Crippen molar-refractivity contribution in [2.75, 3.05) is 43.6 Å². The highest BCUT2D eigenvalue weighted by atomic mass is 16.5. The lowest BCUT2D eigenvalue weighted by atomic mass is 10.3. The Morgan fingerprint density at radius 2 is 2.25 bits per heavy atom. The van der Waals surface area contributed by atoms with Crippen LogP contribution in [0.1, 0.15) is 12.8 Å². The Bertz CT molecular complexity index is 324. The van der Waals surface area contributed by atoms with E-state index in [1.807, 2.05) is 6.20 Å². The van der Waals surface area contributed by atoms with Gasteiger partial charge in [-0.2, -0.15) is 0 Å². The maximum absolute atomic E-state index is 4.99. The zero-order chi connectivity index (χ0) is 11.2. The van der Waals surface area contributed by atoms with Gasteiger partial charge in [0.2, 0.25) is 0 Å². The Morgan fingerprint density at radius 3 is 3.00 bits per heavy atom. The lowest BCUT2D eigenvalue weighted by Crippen LogP contribution is -2.18. The van der Waals surface area contributed by atoms with E-state index >= 15 is 0 Å². The highest BCUT2D eigenvalue weighted by molar-refractivity contribution is 5.54. The van der Waals surface area contributed by atoms with Gasteiger partial charge in [-0.25, -0.2) is 4.98 Å². The lowest BCUT2D eigenvalue weighted by molar-refractivity contribution is 0.210. The molecular formula is C12H19N3O. The minimum Gasteiger partial charge on any atom is -0.383 e. The van der Waals surface area contributed by atoms with E-state index < -0.39 is 0 Å². The van der Waals surface area contributed by atoms with E-state index in [0.717, 1.165) is 12.4 Å². The molecule has 0 saturated carbocycles. The van der Waals surface area contributed by atoms with Crippen LogP contribution in [-0.4, -0.2) is 38.3 Å². The van der Waals surface area contributed by atoms with Crippen molar-refractivity contribution in [3.8, 4) is 0 Å². The van der Waals surface area contributed by atoms with Crippen molar-refractivity contribution < 1.29 is 4.74 Å². The topological polar surface area (TPSA) is 37.4 Å². The van der Waals surface area contributed by atoms with Gasteiger partial charge in [-0.15, -0.1) is 0 Å². The maximum atomic E-state index is 4.99. The summed E-state index contributed by atoms with van der Waals surface area (Å²) in [5.41, 5.74) is 1.27. The summed E-state index contributed by atoms with van der Waals surface area (Å²) in [6.45, 7) is 3.84. The van der Waals surface area contributed by atoms with E-state index in [9.17, 15) is 0 Å². The molecule has 88 valence electrons. The number of hydrogen-bond donors (Lipinski definition) is 1. The Morgan fingerprint density at radius 1 is 1.44 bits per heavy atom. The van der Waals surface area contributed by atoms with Crippen molar-refractivity contribution in [3.05, 3.63) is 18.3 Å². The molecule has 2 rings (SSSR count). The largest absolute Gasteiger partial charge is 0.383 e. The van der Waals surface area contributed by atoms with E-state index in [2.05, 4.69) is 27.3 Å². The van der Waals surface area contributed by atoms with Crippen molar-refractivity contribution in [3.63, 3.8) is 0 Å². The molecule has 1 aliphatic heterocycles. The average Bonchev–Trinajstić information content (AvgIpc) is 2.83. The van der Waals surface area contributed by atoms with Crippen LogP contribution >= 0.6 is 0 Å². The summed E-state index contributed by atoms with van der Waals surface area (Å²) in [5, 5.41) is 3.25. The Balaban J connectivity index is 1.95. The first-order valence-electron chi connectivity index (χ1n) is 5.84. The summed E-state index contributed by atoms with van der Waals surface area (Å²) in [4.78, 5) is 6.70. The van der Waals surface area contributed by atoms with Crippen molar-refractivity contribution in [2.45, 2.75) is 12.8 Å². The Kier molecular flexibility index (Phi) is 3.99. The van der Waals surface area contributed by atoms with Crippen LogP contribution in [0.4, 0.5) is 11.5 Å². The third-order valence-corrected chi connectivity index (χ3v) is 2.83. The van der Waals surface area contributed by atoms with Gasteiger partial charge in [0.25, 0.3) is 0 Å². The Hall–Kier alpha value is -1.29. The van der Waals surface area contributed by atoms with Gasteiger partial charge in [0.1, 0.15) is 5.82 Å². The predicted octanol–water partition coefficient (Wildman–Crippen LogP) is 1.74. The zero-order valence-corrected chi connectivity index (χ0v) is 9.78. The highest BCUT2D eigenvalue weighted by Crippen LogP contribution is 2.21. The summed E-state index contributed by atoms with van der Waals surface area (Å²) >= 11 is 0. The third-order valence-electron chi connectivity index (χ3n) is 2.83. The monoisotopic (exact) mass is 221 g/mol. The van der Waals surface area contributed by atoms with E-state index in [-0.39, 0.29) is 0 Å². The molecule has 1 saturated heterocycles. The lowest BCUT2D eigenvalue weighted by Gasteiger charge is -2.18. The van der Waals surface area contributed by atoms with Crippen LogP contribution in [0.3, 0.4) is 0 Å². The molecule has 2 heterocycles. The molecule has 0 bridgehead atoms. The normalized spacial score (nSPS) is 15.4. The molecule has 16 heavy (non-hydrogen) atoms. The van der Waals surface area contributed by atoms with Crippen LogP contribution in [0.25, 0.3) is 0 Å². The standard InChI is InChI=1S/C12H19N3O/c1-16-9-6-14-12-10-11(4-5-13-12)15-7-2-3-8-15/h4-5,10H,2-3,6-9H2,1H3,(H,13,14). The van der Waals surface area contributed by atoms with Crippen molar-refractivity contribution in [2.24, 2.45) is 0 Å². The molecule has 0 aliphatic carbocycles. The van der Waals surface area contributed by atoms with Crippen molar-refractivity contribution >= 4 is 11.5 Å². The summed E-state index contributed by atoms with van der Waals surface area (Å²) in [7, 11) is 1.70. The SMILES string of the molecule is COCCNc1cc(N2CCCC2)ccn1. The second kappa shape index (κ2) is 5.70. The second-order valence-electron chi connectivity index (χ2n) is 4.01. The van der Waals surface area contributed by atoms with Crippen LogP contribution < -0.4 is 10.2 Å². The molecule has 1 N–H and O–H groups in total. The molecule has 4 heteroatoms. The van der Waals surface area contributed by atoms with Gasteiger partial charge < -0.3 is 15.0 Å². The number of rotatable bonds is 5. The molecule has 1 aliphatic rings. The molecule has 0 radical (unpaired) electrons. The third kappa shape index (κ3) is 2.85. The van der Waals surface area contributed by atoms with Crippen LogP contribution in [0.15, 0.2) is 18.3 Å². The predicted molar refractivity (Wildman–Crippen MR) is 66.0 cm³/mol. The smallest absolute Gasteiger partial charge is 0.128 e. The van der Waals surface area contributed by atoms with E-state index in [1.54, 1.807) is 7.11 Å². The summed E-state index contributed by atoms with van der Waals surface area (Å²) < 4.78 is 4.99. The first-order valence-corrected chi connectivity index (χ1v) is 5.84. The summed E-state index contributed by atoms with van der Waals surface area (Å²) in [6.07, 6.45) is 4.46. The average molecular weight is 221 g/mol. The van der Waals surface area contributed by atoms with Gasteiger partial charge in [0, 0.05) is 44.7 Å². The van der Waals surface area contributed by atoms with Crippen LogP contribution in [0, 0.1) is 0 Å². The first kappa shape index (κ1) is 11.2. The van der Waals surface area contributed by atoms with Crippen LogP contribution in [-0.2, 0) is 4.74 Å². The fraction of sp³-hybridized carbons (Fsp3) is 0.583. The fourth-order valence-corrected chi connectivity index (χ4v) is 1.97. The number of pyridine rings is 1. The molecule has 0 aromatic carbocycles. The number of anilines is 2. The molecule has 4 nitrogen and oxygen atoms in total. The first-order chi connectivity index (χ1) is 7.90. The molecule has 1 aromatic heterocycles. The van der Waals surface area contributed by atoms with Gasteiger partial charge >= 0.3 is 0 Å². The van der Waals surface area contributed by atoms with Crippen LogP contribution in [0.5, 0.6) is 0 Å². The number of nitrogens with zero attached hydrogens (tertiary/aromatic N) is 2. The van der Waals surface area contributed by atoms with Gasteiger partial charge in [0.05, 0.1) is 6.61 Å². The van der Waals surface area contributed by atoms with E-state index in [4.69, 9.17) is 4.74 Å². The van der Waals surface area contributed by atoms with Crippen LogP contribution in [0.2, 0.25) is 0 Å². The Labute approximate surface area is 96.6 Å². The number of ether oxygens (including phenoxy) is 1. The zero-order valence-electron chi connectivity index (χ0n) is 9.78. The number of aromatic nitrogens is 1. The van der Waals surface area contributed by atoms with Gasteiger partial charge in [-0.3, -0.25) is 0 Å². The molecular weight excluding hydrogens is 202 g/mol. The number of methoxy groups -OCH3 is 1.